The first-order valence-electron chi connectivity index (χ1n) is 10.9. The van der Waals surface area contributed by atoms with Gasteiger partial charge in [0, 0.05) is 10.4 Å². The first-order valence-corrected chi connectivity index (χ1v) is 12.7. The molecular formula is C25H21FN4O2S2. The van der Waals surface area contributed by atoms with Crippen LogP contribution in [0.3, 0.4) is 0 Å². The number of benzene rings is 2. The molecule has 1 N–H and O–H groups in total. The summed E-state index contributed by atoms with van der Waals surface area (Å²) >= 11 is 2.75. The number of carbonyl (C=O) groups excluding carboxylic acids is 1. The summed E-state index contributed by atoms with van der Waals surface area (Å²) < 4.78 is 15.3. The van der Waals surface area contributed by atoms with Crippen molar-refractivity contribution in [2.45, 2.75) is 30.8 Å². The van der Waals surface area contributed by atoms with E-state index in [4.69, 9.17) is 4.98 Å². The zero-order valence-corrected chi connectivity index (χ0v) is 19.8. The molecule has 0 atom stereocenters. The fourth-order valence-corrected chi connectivity index (χ4v) is 6.11. The molecule has 9 heteroatoms. The average Bonchev–Trinajstić information content (AvgIpc) is 3.23. The number of fused-ring (bicyclic) bond motifs is 3. The number of carbonyl (C=O) groups is 1. The maximum atomic E-state index is 13.7. The summed E-state index contributed by atoms with van der Waals surface area (Å²) in [5, 5.41) is 5.00. The van der Waals surface area contributed by atoms with E-state index in [2.05, 4.69) is 10.5 Å². The number of amides is 1. The van der Waals surface area contributed by atoms with Crippen molar-refractivity contribution in [1.29, 1.82) is 0 Å². The lowest BCUT2D eigenvalue weighted by molar-refractivity contribution is -0.118. The van der Waals surface area contributed by atoms with Gasteiger partial charge in [0.2, 0.25) is 0 Å². The number of halogens is 1. The normalized spacial score (nSPS) is 13.3. The number of hydrogen-bond acceptors (Lipinski definition) is 6. The molecule has 1 aliphatic rings. The van der Waals surface area contributed by atoms with E-state index in [0.29, 0.717) is 16.2 Å². The SMILES string of the molecule is O=C(CSc1nc2sc3c(c2c(=O)n1-c1ccccc1)CCCC3)N/N=C\c1ccccc1F. The van der Waals surface area contributed by atoms with E-state index < -0.39 is 5.82 Å². The first-order chi connectivity index (χ1) is 16.6. The van der Waals surface area contributed by atoms with Gasteiger partial charge in [-0.15, -0.1) is 11.3 Å². The highest BCUT2D eigenvalue weighted by atomic mass is 32.2. The van der Waals surface area contributed by atoms with Crippen LogP contribution in [-0.4, -0.2) is 27.4 Å². The van der Waals surface area contributed by atoms with Gasteiger partial charge >= 0.3 is 0 Å². The first kappa shape index (κ1) is 22.5. The van der Waals surface area contributed by atoms with E-state index >= 15 is 0 Å². The molecule has 1 aliphatic carbocycles. The van der Waals surface area contributed by atoms with Gasteiger partial charge in [-0.05, 0) is 49.4 Å². The monoisotopic (exact) mass is 492 g/mol. The fourth-order valence-electron chi connectivity index (χ4n) is 4.00. The van der Waals surface area contributed by atoms with E-state index in [9.17, 15) is 14.0 Å². The van der Waals surface area contributed by atoms with Crippen LogP contribution in [0.25, 0.3) is 15.9 Å². The van der Waals surface area contributed by atoms with Crippen molar-refractivity contribution in [3.63, 3.8) is 0 Å². The molecule has 0 radical (unpaired) electrons. The van der Waals surface area contributed by atoms with Crippen LogP contribution >= 0.6 is 23.1 Å². The molecule has 0 fully saturated rings. The van der Waals surface area contributed by atoms with Gasteiger partial charge in [-0.25, -0.2) is 14.8 Å². The quantitative estimate of drug-likeness (QED) is 0.183. The Labute approximate surface area is 203 Å². The van der Waals surface area contributed by atoms with Crippen LogP contribution in [0, 0.1) is 5.82 Å². The lowest BCUT2D eigenvalue weighted by Crippen LogP contribution is -2.24. The Morgan fingerprint density at radius 2 is 1.91 bits per heavy atom. The molecule has 172 valence electrons. The van der Waals surface area contributed by atoms with E-state index in [1.165, 1.54) is 28.9 Å². The highest BCUT2D eigenvalue weighted by Crippen LogP contribution is 2.35. The Morgan fingerprint density at radius 1 is 1.15 bits per heavy atom. The average molecular weight is 493 g/mol. The predicted molar refractivity (Wildman–Crippen MR) is 135 cm³/mol. The molecular weight excluding hydrogens is 471 g/mol. The summed E-state index contributed by atoms with van der Waals surface area (Å²) in [6, 6.07) is 15.5. The highest BCUT2D eigenvalue weighted by molar-refractivity contribution is 7.99. The van der Waals surface area contributed by atoms with Gasteiger partial charge in [0.1, 0.15) is 10.6 Å². The summed E-state index contributed by atoms with van der Waals surface area (Å²) in [4.78, 5) is 32.8. The van der Waals surface area contributed by atoms with Crippen LogP contribution in [0.5, 0.6) is 0 Å². The van der Waals surface area contributed by atoms with Gasteiger partial charge in [-0.1, -0.05) is 48.2 Å². The highest BCUT2D eigenvalue weighted by Gasteiger charge is 2.23. The second-order valence-electron chi connectivity index (χ2n) is 7.86. The van der Waals surface area contributed by atoms with Gasteiger partial charge < -0.3 is 0 Å². The van der Waals surface area contributed by atoms with Gasteiger partial charge in [-0.3, -0.25) is 14.2 Å². The molecule has 0 aliphatic heterocycles. The smallest absolute Gasteiger partial charge is 0.267 e. The third-order valence-corrected chi connectivity index (χ3v) is 7.73. The van der Waals surface area contributed by atoms with Crippen molar-refractivity contribution in [2.24, 2.45) is 5.10 Å². The summed E-state index contributed by atoms with van der Waals surface area (Å²) in [6.07, 6.45) is 5.34. The Morgan fingerprint density at radius 3 is 2.74 bits per heavy atom. The molecule has 0 unspecified atom stereocenters. The van der Waals surface area contributed by atoms with E-state index in [1.807, 2.05) is 30.3 Å². The Bertz CT molecular complexity index is 1450. The minimum Gasteiger partial charge on any atom is -0.272 e. The molecule has 2 heterocycles. The summed E-state index contributed by atoms with van der Waals surface area (Å²) in [6.45, 7) is 0. The molecule has 0 saturated heterocycles. The minimum atomic E-state index is -0.419. The molecule has 34 heavy (non-hydrogen) atoms. The van der Waals surface area contributed by atoms with Crippen LogP contribution in [0.2, 0.25) is 0 Å². The topological polar surface area (TPSA) is 76.3 Å². The van der Waals surface area contributed by atoms with Crippen molar-refractivity contribution < 1.29 is 9.18 Å². The van der Waals surface area contributed by atoms with Gasteiger partial charge in [0.25, 0.3) is 11.5 Å². The van der Waals surface area contributed by atoms with Gasteiger partial charge in [0.05, 0.1) is 23.0 Å². The predicted octanol–water partition coefficient (Wildman–Crippen LogP) is 4.71. The van der Waals surface area contributed by atoms with Crippen molar-refractivity contribution in [2.75, 3.05) is 5.75 Å². The zero-order valence-electron chi connectivity index (χ0n) is 18.2. The summed E-state index contributed by atoms with van der Waals surface area (Å²) in [5.41, 5.74) is 4.43. The lowest BCUT2D eigenvalue weighted by atomic mass is 9.97. The minimum absolute atomic E-state index is 0.00445. The van der Waals surface area contributed by atoms with Crippen LogP contribution < -0.4 is 11.0 Å². The number of hydrogen-bond donors (Lipinski definition) is 1. The van der Waals surface area contributed by atoms with Gasteiger partial charge in [0.15, 0.2) is 5.16 Å². The largest absolute Gasteiger partial charge is 0.272 e. The molecule has 0 spiro atoms. The lowest BCUT2D eigenvalue weighted by Gasteiger charge is -2.13. The van der Waals surface area contributed by atoms with Crippen LogP contribution in [0.1, 0.15) is 28.8 Å². The number of aromatic nitrogens is 2. The maximum Gasteiger partial charge on any atom is 0.267 e. The number of hydrazone groups is 1. The summed E-state index contributed by atoms with van der Waals surface area (Å²) in [5.74, 6) is -0.792. The van der Waals surface area contributed by atoms with Crippen LogP contribution in [-0.2, 0) is 17.6 Å². The third-order valence-electron chi connectivity index (χ3n) is 5.60. The number of thiophene rings is 1. The Hall–Kier alpha value is -3.30. The number of rotatable bonds is 6. The molecule has 4 aromatic rings. The van der Waals surface area contributed by atoms with Crippen LogP contribution in [0.4, 0.5) is 4.39 Å². The maximum absolute atomic E-state index is 13.7. The summed E-state index contributed by atoms with van der Waals surface area (Å²) in [7, 11) is 0. The Balaban J connectivity index is 1.42. The number of thioether (sulfide) groups is 1. The van der Waals surface area contributed by atoms with Crippen molar-refractivity contribution in [3.8, 4) is 5.69 Å². The van der Waals surface area contributed by atoms with Crippen molar-refractivity contribution >= 4 is 45.4 Å². The second-order valence-corrected chi connectivity index (χ2v) is 9.89. The third kappa shape index (κ3) is 4.53. The fraction of sp³-hybridized carbons (Fsp3) is 0.200. The Kier molecular flexibility index (Phi) is 6.55. The van der Waals surface area contributed by atoms with Gasteiger partial charge in [-0.2, -0.15) is 5.10 Å². The number of nitrogens with one attached hydrogen (secondary N) is 1. The molecule has 0 bridgehead atoms. The molecule has 2 aromatic heterocycles. The number of nitrogens with zero attached hydrogens (tertiary/aromatic N) is 3. The standard InChI is InChI=1S/C25H21FN4O2S2/c26-19-12-6-4-8-16(19)14-27-29-21(31)15-33-25-28-23-22(18-11-5-7-13-20(18)34-23)24(32)30(25)17-9-2-1-3-10-17/h1-4,6,8-10,12,14H,5,7,11,13,15H2,(H,29,31)/b27-14-. The number of aryl methyl sites for hydroxylation is 2. The molecule has 1 amide bonds. The molecule has 6 nitrogen and oxygen atoms in total. The van der Waals surface area contributed by atoms with E-state index in [-0.39, 0.29) is 22.8 Å². The van der Waals surface area contributed by atoms with Crippen molar-refractivity contribution in [1.82, 2.24) is 15.0 Å². The number of para-hydroxylation sites is 1. The molecule has 0 saturated carbocycles. The van der Waals surface area contributed by atoms with E-state index in [1.54, 1.807) is 34.1 Å². The molecule has 5 rings (SSSR count). The van der Waals surface area contributed by atoms with Crippen molar-refractivity contribution in [3.05, 3.63) is 86.8 Å². The zero-order chi connectivity index (χ0) is 23.5. The second kappa shape index (κ2) is 9.90. The van der Waals surface area contributed by atoms with Crippen LogP contribution in [0.15, 0.2) is 69.6 Å². The molecule has 2 aromatic carbocycles. The van der Waals surface area contributed by atoms with E-state index in [0.717, 1.165) is 36.1 Å².